The molecule has 11 heteroatoms. The van der Waals surface area contributed by atoms with Crippen molar-refractivity contribution in [3.05, 3.63) is 34.1 Å². The number of rotatable bonds is 2. The van der Waals surface area contributed by atoms with Gasteiger partial charge in [-0.15, -0.1) is 0 Å². The topological polar surface area (TPSA) is 62.8 Å². The molecule has 0 saturated heterocycles. The smallest absolute Gasteiger partial charge is 0.333 e. The number of imidazole rings is 1. The van der Waals surface area contributed by atoms with Gasteiger partial charge in [-0.05, 0) is 28.1 Å². The molecule has 0 aliphatic heterocycles. The average Bonchev–Trinajstić information content (AvgIpc) is 2.68. The summed E-state index contributed by atoms with van der Waals surface area (Å²) < 4.78 is 87.6. The number of nitrogens with zero attached hydrogens (tertiary/aromatic N) is 1. The lowest BCUT2D eigenvalue weighted by Gasteiger charge is -2.05. The summed E-state index contributed by atoms with van der Waals surface area (Å²) in [5, 5.41) is 0. The van der Waals surface area contributed by atoms with Gasteiger partial charge >= 0.3 is 6.18 Å². The van der Waals surface area contributed by atoms with Crippen LogP contribution in [-0.4, -0.2) is 24.6 Å². The lowest BCUT2D eigenvalue weighted by atomic mass is 10.2. The van der Waals surface area contributed by atoms with E-state index in [0.29, 0.717) is 12.1 Å². The molecule has 22 heavy (non-hydrogen) atoms. The van der Waals surface area contributed by atoms with Crippen LogP contribution in [0, 0.1) is 11.6 Å². The summed E-state index contributed by atoms with van der Waals surface area (Å²) in [6.07, 6.45) is -4.06. The fourth-order valence-corrected chi connectivity index (χ4v) is 2.78. The molecule has 0 unspecified atom stereocenters. The van der Waals surface area contributed by atoms with Crippen LogP contribution in [0.25, 0.3) is 11.4 Å². The van der Waals surface area contributed by atoms with Crippen LogP contribution < -0.4 is 0 Å². The van der Waals surface area contributed by atoms with Gasteiger partial charge < -0.3 is 4.98 Å². The minimum atomic E-state index is -4.80. The molecule has 0 spiro atoms. The average molecular weight is 405 g/mol. The highest BCUT2D eigenvalue weighted by atomic mass is 79.9. The maximum absolute atomic E-state index is 13.9. The zero-order valence-electron chi connectivity index (χ0n) is 10.6. The van der Waals surface area contributed by atoms with Crippen molar-refractivity contribution in [2.75, 3.05) is 6.26 Å². The standard InChI is InChI=1S/C11H6BrF5N2O2S/c1-22(20,21)4-2-5(13)7(6(14)3-4)10-18-8(9(12)19-10)11(15,16)17/h2-3H,1H3,(H,18,19). The Morgan fingerprint density at radius 3 is 2.05 bits per heavy atom. The van der Waals surface area contributed by atoms with Gasteiger partial charge in [0.1, 0.15) is 22.1 Å². The molecular formula is C11H6BrF5N2O2S. The maximum Gasteiger partial charge on any atom is 0.433 e. The Kier molecular flexibility index (Phi) is 4.07. The van der Waals surface area contributed by atoms with Crippen molar-refractivity contribution >= 4 is 25.8 Å². The molecule has 0 amide bonds. The third kappa shape index (κ3) is 3.14. The second-order valence-corrected chi connectivity index (χ2v) is 7.05. The third-order valence-electron chi connectivity index (χ3n) is 2.62. The number of aromatic nitrogens is 2. The number of H-pyrrole nitrogens is 1. The van der Waals surface area contributed by atoms with E-state index in [-0.39, 0.29) is 0 Å². The predicted molar refractivity (Wildman–Crippen MR) is 69.8 cm³/mol. The number of alkyl halides is 3. The molecule has 0 atom stereocenters. The van der Waals surface area contributed by atoms with Gasteiger partial charge in [0.25, 0.3) is 0 Å². The number of halogens is 6. The van der Waals surface area contributed by atoms with Crippen LogP contribution in [0.3, 0.4) is 0 Å². The van der Waals surface area contributed by atoms with Gasteiger partial charge in [0.05, 0.1) is 10.5 Å². The normalized spacial score (nSPS) is 12.7. The Morgan fingerprint density at radius 1 is 1.18 bits per heavy atom. The van der Waals surface area contributed by atoms with E-state index in [4.69, 9.17) is 0 Å². The van der Waals surface area contributed by atoms with Crippen molar-refractivity contribution in [2.24, 2.45) is 0 Å². The third-order valence-corrected chi connectivity index (χ3v) is 4.29. The van der Waals surface area contributed by atoms with Crippen LogP contribution in [0.2, 0.25) is 0 Å². The Hall–Kier alpha value is -1.49. The number of hydrogen-bond donors (Lipinski definition) is 1. The fraction of sp³-hybridized carbons (Fsp3) is 0.182. The van der Waals surface area contributed by atoms with Crippen molar-refractivity contribution in [3.8, 4) is 11.4 Å². The largest absolute Gasteiger partial charge is 0.433 e. The second kappa shape index (κ2) is 5.30. The molecule has 1 heterocycles. The number of nitrogens with one attached hydrogen (secondary N) is 1. The van der Waals surface area contributed by atoms with Gasteiger partial charge in [0.15, 0.2) is 15.5 Å². The molecular weight excluding hydrogens is 399 g/mol. The summed E-state index contributed by atoms with van der Waals surface area (Å²) in [5.74, 6) is -3.42. The molecule has 0 aliphatic rings. The van der Waals surface area contributed by atoms with Crippen molar-refractivity contribution < 1.29 is 30.4 Å². The Labute approximate surface area is 129 Å². The number of aromatic amines is 1. The highest BCUT2D eigenvalue weighted by molar-refractivity contribution is 9.10. The molecule has 2 aromatic rings. The monoisotopic (exact) mass is 404 g/mol. The molecule has 0 radical (unpaired) electrons. The van der Waals surface area contributed by atoms with E-state index in [9.17, 15) is 30.4 Å². The van der Waals surface area contributed by atoms with Gasteiger partial charge in [0, 0.05) is 6.26 Å². The van der Waals surface area contributed by atoms with E-state index in [0.717, 1.165) is 6.26 Å². The number of sulfone groups is 1. The van der Waals surface area contributed by atoms with Crippen molar-refractivity contribution in [2.45, 2.75) is 11.1 Å². The van der Waals surface area contributed by atoms with Crippen molar-refractivity contribution in [3.63, 3.8) is 0 Å². The van der Waals surface area contributed by atoms with Crippen molar-refractivity contribution in [1.82, 2.24) is 9.97 Å². The molecule has 1 N–H and O–H groups in total. The minimum absolute atomic E-state index is 0.511. The van der Waals surface area contributed by atoms with Gasteiger partial charge in [-0.3, -0.25) is 0 Å². The second-order valence-electron chi connectivity index (χ2n) is 4.28. The molecule has 0 aliphatic carbocycles. The van der Waals surface area contributed by atoms with E-state index in [1.807, 2.05) is 0 Å². The molecule has 1 aromatic heterocycles. The maximum atomic E-state index is 13.9. The Balaban J connectivity index is 2.65. The summed E-state index contributed by atoms with van der Waals surface area (Å²) in [4.78, 5) is 4.51. The zero-order valence-corrected chi connectivity index (χ0v) is 13.0. The van der Waals surface area contributed by atoms with Gasteiger partial charge in [0.2, 0.25) is 0 Å². The number of hydrogen-bond acceptors (Lipinski definition) is 3. The first-order valence-electron chi connectivity index (χ1n) is 5.43. The van der Waals surface area contributed by atoms with E-state index in [1.165, 1.54) is 0 Å². The summed E-state index contributed by atoms with van der Waals surface area (Å²) in [7, 11) is -3.87. The molecule has 120 valence electrons. The molecule has 0 bridgehead atoms. The first kappa shape index (κ1) is 16.9. The quantitative estimate of drug-likeness (QED) is 0.778. The number of benzene rings is 1. The van der Waals surface area contributed by atoms with Crippen LogP contribution >= 0.6 is 15.9 Å². The lowest BCUT2D eigenvalue weighted by molar-refractivity contribution is -0.141. The molecule has 4 nitrogen and oxygen atoms in total. The highest BCUT2D eigenvalue weighted by Crippen LogP contribution is 2.36. The lowest BCUT2D eigenvalue weighted by Crippen LogP contribution is -2.06. The van der Waals surface area contributed by atoms with E-state index < -0.39 is 54.2 Å². The molecule has 2 rings (SSSR count). The summed E-state index contributed by atoms with van der Waals surface area (Å²) in [5.41, 5.74) is -2.20. The first-order chi connectivity index (χ1) is 9.91. The SMILES string of the molecule is CS(=O)(=O)c1cc(F)c(-c2nc(Br)c(C(F)(F)F)[nH]2)c(F)c1. The summed E-state index contributed by atoms with van der Waals surface area (Å²) in [6, 6.07) is 1.02. The first-order valence-corrected chi connectivity index (χ1v) is 8.12. The minimum Gasteiger partial charge on any atom is -0.333 e. The molecule has 0 saturated carbocycles. The Bertz CT molecular complexity index is 822. The van der Waals surface area contributed by atoms with Crippen LogP contribution in [0.4, 0.5) is 22.0 Å². The Morgan fingerprint density at radius 2 is 1.68 bits per heavy atom. The van der Waals surface area contributed by atoms with Gasteiger partial charge in [-0.1, -0.05) is 0 Å². The van der Waals surface area contributed by atoms with Crippen LogP contribution in [0.5, 0.6) is 0 Å². The van der Waals surface area contributed by atoms with E-state index >= 15 is 0 Å². The van der Waals surface area contributed by atoms with Gasteiger partial charge in [-0.25, -0.2) is 22.2 Å². The van der Waals surface area contributed by atoms with Crippen LogP contribution in [0.1, 0.15) is 5.69 Å². The molecule has 0 fully saturated rings. The predicted octanol–water partition coefficient (Wildman–Crippen LogP) is 3.54. The zero-order chi connectivity index (χ0) is 16.9. The van der Waals surface area contributed by atoms with Crippen LogP contribution in [-0.2, 0) is 16.0 Å². The fourth-order valence-electron chi connectivity index (χ4n) is 1.65. The van der Waals surface area contributed by atoms with Crippen molar-refractivity contribution in [1.29, 1.82) is 0 Å². The summed E-state index contributed by atoms with van der Waals surface area (Å²) in [6.45, 7) is 0. The molecule has 1 aromatic carbocycles. The highest BCUT2D eigenvalue weighted by Gasteiger charge is 2.37. The summed E-state index contributed by atoms with van der Waals surface area (Å²) >= 11 is 2.54. The van der Waals surface area contributed by atoms with E-state index in [2.05, 4.69) is 20.9 Å². The van der Waals surface area contributed by atoms with Crippen LogP contribution in [0.15, 0.2) is 21.6 Å². The van der Waals surface area contributed by atoms with Gasteiger partial charge in [-0.2, -0.15) is 13.2 Å². The van der Waals surface area contributed by atoms with E-state index in [1.54, 1.807) is 4.98 Å².